The van der Waals surface area contributed by atoms with Gasteiger partial charge >= 0.3 is 0 Å². The summed E-state index contributed by atoms with van der Waals surface area (Å²) >= 11 is 0. The van der Waals surface area contributed by atoms with Crippen LogP contribution in [0.1, 0.15) is 12.5 Å². The molecule has 3 aromatic rings. The lowest BCUT2D eigenvalue weighted by atomic mass is 10.2. The number of carbonyl (C=O) groups is 1. The van der Waals surface area contributed by atoms with E-state index in [1.54, 1.807) is 55.5 Å². The van der Waals surface area contributed by atoms with E-state index in [-0.39, 0.29) is 4.90 Å². The summed E-state index contributed by atoms with van der Waals surface area (Å²) in [5.41, 5.74) is 1.75. The number of hydrogen-bond acceptors (Lipinski definition) is 5. The molecular formula is C23H24N2O5S. The molecule has 0 saturated carbocycles. The molecule has 3 aromatic carbocycles. The van der Waals surface area contributed by atoms with E-state index in [9.17, 15) is 13.2 Å². The maximum absolute atomic E-state index is 12.8. The summed E-state index contributed by atoms with van der Waals surface area (Å²) < 4.78 is 39.0. The van der Waals surface area contributed by atoms with Crippen LogP contribution in [-0.4, -0.2) is 27.5 Å². The maximum Gasteiger partial charge on any atom is 0.265 e. The molecule has 3 rings (SSSR count). The Labute approximate surface area is 182 Å². The van der Waals surface area contributed by atoms with Gasteiger partial charge in [0, 0.05) is 5.69 Å². The van der Waals surface area contributed by atoms with Crippen molar-refractivity contribution in [1.29, 1.82) is 0 Å². The van der Waals surface area contributed by atoms with Crippen molar-refractivity contribution in [2.75, 3.05) is 17.1 Å². The molecule has 0 heterocycles. The van der Waals surface area contributed by atoms with Crippen LogP contribution in [0.5, 0.6) is 11.5 Å². The Hall–Kier alpha value is -3.52. The summed E-state index contributed by atoms with van der Waals surface area (Å²) in [4.78, 5) is 12.5. The molecule has 1 amide bonds. The van der Waals surface area contributed by atoms with Gasteiger partial charge in [0.25, 0.3) is 15.9 Å². The number of amides is 1. The fourth-order valence-electron chi connectivity index (χ4n) is 2.79. The monoisotopic (exact) mass is 440 g/mol. The second-order valence-electron chi connectivity index (χ2n) is 6.90. The highest BCUT2D eigenvalue weighted by Crippen LogP contribution is 2.27. The number of anilines is 2. The number of ether oxygens (including phenoxy) is 2. The Morgan fingerprint density at radius 3 is 2.39 bits per heavy atom. The lowest BCUT2D eigenvalue weighted by Crippen LogP contribution is -2.30. The van der Waals surface area contributed by atoms with Crippen LogP contribution in [0.4, 0.5) is 11.4 Å². The van der Waals surface area contributed by atoms with Crippen LogP contribution in [0.25, 0.3) is 0 Å². The first-order valence-corrected chi connectivity index (χ1v) is 11.1. The zero-order valence-corrected chi connectivity index (χ0v) is 18.3. The predicted molar refractivity (Wildman–Crippen MR) is 120 cm³/mol. The molecule has 0 aliphatic heterocycles. The smallest absolute Gasteiger partial charge is 0.265 e. The number of aryl methyl sites for hydroxylation is 1. The highest BCUT2D eigenvalue weighted by molar-refractivity contribution is 7.92. The van der Waals surface area contributed by atoms with Crippen LogP contribution in [-0.2, 0) is 14.8 Å². The zero-order chi connectivity index (χ0) is 22.4. The van der Waals surface area contributed by atoms with Crippen molar-refractivity contribution in [1.82, 2.24) is 0 Å². The summed E-state index contributed by atoms with van der Waals surface area (Å²) in [5.74, 6) is 0.580. The lowest BCUT2D eigenvalue weighted by Gasteiger charge is -2.16. The van der Waals surface area contributed by atoms with Gasteiger partial charge < -0.3 is 14.8 Å². The Bertz CT molecular complexity index is 1160. The third-order valence-corrected chi connectivity index (χ3v) is 5.83. The van der Waals surface area contributed by atoms with E-state index in [1.165, 1.54) is 19.2 Å². The molecule has 0 saturated heterocycles. The molecule has 2 N–H and O–H groups in total. The number of para-hydroxylation sites is 2. The highest BCUT2D eigenvalue weighted by Gasteiger charge is 2.19. The van der Waals surface area contributed by atoms with E-state index in [4.69, 9.17) is 9.47 Å². The van der Waals surface area contributed by atoms with Crippen molar-refractivity contribution in [2.24, 2.45) is 0 Å². The average Bonchev–Trinajstić information content (AvgIpc) is 2.75. The molecule has 1 atom stereocenters. The molecule has 0 fully saturated rings. The summed E-state index contributed by atoms with van der Waals surface area (Å²) in [7, 11) is -2.43. The Morgan fingerprint density at radius 1 is 0.968 bits per heavy atom. The van der Waals surface area contributed by atoms with Crippen LogP contribution < -0.4 is 19.5 Å². The Morgan fingerprint density at radius 2 is 1.68 bits per heavy atom. The van der Waals surface area contributed by atoms with Crippen molar-refractivity contribution in [3.63, 3.8) is 0 Å². The minimum atomic E-state index is -3.89. The quantitative estimate of drug-likeness (QED) is 0.547. The first-order chi connectivity index (χ1) is 14.8. The van der Waals surface area contributed by atoms with Gasteiger partial charge in [0.05, 0.1) is 17.7 Å². The van der Waals surface area contributed by atoms with Crippen LogP contribution in [0.15, 0.2) is 77.7 Å². The predicted octanol–water partition coefficient (Wildman–Crippen LogP) is 4.21. The van der Waals surface area contributed by atoms with Gasteiger partial charge in [-0.25, -0.2) is 8.42 Å². The molecule has 7 nitrogen and oxygen atoms in total. The lowest BCUT2D eigenvalue weighted by molar-refractivity contribution is -0.122. The summed E-state index contributed by atoms with van der Waals surface area (Å²) in [6, 6.07) is 20.1. The van der Waals surface area contributed by atoms with Crippen molar-refractivity contribution in [3.8, 4) is 11.5 Å². The molecule has 0 bridgehead atoms. The first-order valence-electron chi connectivity index (χ1n) is 9.58. The number of sulfonamides is 1. The van der Waals surface area contributed by atoms with Crippen molar-refractivity contribution < 1.29 is 22.7 Å². The van der Waals surface area contributed by atoms with Gasteiger partial charge in [-0.2, -0.15) is 0 Å². The summed E-state index contributed by atoms with van der Waals surface area (Å²) in [5, 5.41) is 2.69. The van der Waals surface area contributed by atoms with Crippen LogP contribution in [0.3, 0.4) is 0 Å². The van der Waals surface area contributed by atoms with E-state index in [0.717, 1.165) is 5.56 Å². The number of methoxy groups -OCH3 is 1. The van der Waals surface area contributed by atoms with Gasteiger partial charge in [-0.05, 0) is 56.3 Å². The fourth-order valence-corrected chi connectivity index (χ4v) is 3.91. The zero-order valence-electron chi connectivity index (χ0n) is 17.5. The van der Waals surface area contributed by atoms with Crippen LogP contribution in [0, 0.1) is 6.92 Å². The van der Waals surface area contributed by atoms with Crippen molar-refractivity contribution in [2.45, 2.75) is 24.8 Å². The van der Waals surface area contributed by atoms with Crippen LogP contribution >= 0.6 is 0 Å². The highest BCUT2D eigenvalue weighted by atomic mass is 32.2. The molecule has 0 aromatic heterocycles. The van der Waals surface area contributed by atoms with Crippen molar-refractivity contribution >= 4 is 27.3 Å². The second kappa shape index (κ2) is 9.53. The van der Waals surface area contributed by atoms with E-state index in [2.05, 4.69) is 10.0 Å². The number of rotatable bonds is 8. The number of hydrogen-bond donors (Lipinski definition) is 2. The summed E-state index contributed by atoms with van der Waals surface area (Å²) in [6.45, 7) is 3.59. The third-order valence-electron chi connectivity index (χ3n) is 4.47. The largest absolute Gasteiger partial charge is 0.495 e. The van der Waals surface area contributed by atoms with Crippen LogP contribution in [0.2, 0.25) is 0 Å². The molecule has 31 heavy (non-hydrogen) atoms. The topological polar surface area (TPSA) is 93.7 Å². The molecule has 0 aliphatic carbocycles. The molecule has 0 aliphatic rings. The van der Waals surface area contributed by atoms with Gasteiger partial charge in [-0.3, -0.25) is 9.52 Å². The number of nitrogens with one attached hydrogen (secondary N) is 2. The normalized spacial score (nSPS) is 12.0. The summed E-state index contributed by atoms with van der Waals surface area (Å²) in [6.07, 6.45) is -0.769. The number of carbonyl (C=O) groups excluding carboxylic acids is 1. The van der Waals surface area contributed by atoms with E-state index < -0.39 is 22.0 Å². The van der Waals surface area contributed by atoms with Crippen molar-refractivity contribution in [3.05, 3.63) is 78.4 Å². The minimum Gasteiger partial charge on any atom is -0.495 e. The standard InChI is InChI=1S/C23H24N2O5S/c1-16-11-13-19(14-12-16)30-17(2)23(26)24-18-7-6-8-20(15-18)31(27,28)25-21-9-4-5-10-22(21)29-3/h4-15,17,25H,1-3H3,(H,24,26). The van der Waals surface area contributed by atoms with E-state index >= 15 is 0 Å². The minimum absolute atomic E-state index is 0.00307. The Balaban J connectivity index is 1.71. The first kappa shape index (κ1) is 22.2. The second-order valence-corrected chi connectivity index (χ2v) is 8.58. The Kier molecular flexibility index (Phi) is 6.81. The van der Waals surface area contributed by atoms with E-state index in [0.29, 0.717) is 22.9 Å². The molecule has 8 heteroatoms. The maximum atomic E-state index is 12.8. The third kappa shape index (κ3) is 5.76. The molecule has 0 spiro atoms. The SMILES string of the molecule is COc1ccccc1NS(=O)(=O)c1cccc(NC(=O)C(C)Oc2ccc(C)cc2)c1. The molecule has 162 valence electrons. The molecule has 0 radical (unpaired) electrons. The molecule has 1 unspecified atom stereocenters. The van der Waals surface area contributed by atoms with Gasteiger partial charge in [-0.15, -0.1) is 0 Å². The van der Waals surface area contributed by atoms with Gasteiger partial charge in [0.15, 0.2) is 6.10 Å². The van der Waals surface area contributed by atoms with Gasteiger partial charge in [-0.1, -0.05) is 35.9 Å². The average molecular weight is 441 g/mol. The number of benzene rings is 3. The molecular weight excluding hydrogens is 416 g/mol. The van der Waals surface area contributed by atoms with Gasteiger partial charge in [0.2, 0.25) is 0 Å². The fraction of sp³-hybridized carbons (Fsp3) is 0.174. The van der Waals surface area contributed by atoms with E-state index in [1.807, 2.05) is 19.1 Å². The van der Waals surface area contributed by atoms with Gasteiger partial charge in [0.1, 0.15) is 11.5 Å².